The number of nitriles is 1. The number of rotatable bonds is 10. The van der Waals surface area contributed by atoms with Gasteiger partial charge in [-0.25, -0.2) is 4.39 Å². The van der Waals surface area contributed by atoms with Crippen LogP contribution in [0.25, 0.3) is 0 Å². The van der Waals surface area contributed by atoms with Gasteiger partial charge in [-0.1, -0.05) is 62.4 Å². The molecular formula is C25H33FN2. The molecule has 0 N–H and O–H groups in total. The summed E-state index contributed by atoms with van der Waals surface area (Å²) >= 11 is 0. The first-order chi connectivity index (χ1) is 13.4. The van der Waals surface area contributed by atoms with Crippen LogP contribution in [-0.2, 0) is 11.8 Å². The van der Waals surface area contributed by atoms with E-state index in [9.17, 15) is 9.65 Å². The summed E-state index contributed by atoms with van der Waals surface area (Å²) in [5.74, 6) is -0.228. The molecule has 0 saturated carbocycles. The van der Waals surface area contributed by atoms with Gasteiger partial charge >= 0.3 is 0 Å². The summed E-state index contributed by atoms with van der Waals surface area (Å²) in [7, 11) is 0. The number of nitrogens with zero attached hydrogens (tertiary/aromatic N) is 2. The molecule has 0 spiro atoms. The average Bonchev–Trinajstić information content (AvgIpc) is 2.69. The Morgan fingerprint density at radius 3 is 2.18 bits per heavy atom. The lowest BCUT2D eigenvalue weighted by atomic mass is 9.69. The molecule has 150 valence electrons. The molecule has 1 atom stereocenters. The molecule has 0 saturated heterocycles. The largest absolute Gasteiger partial charge is 0.301 e. The van der Waals surface area contributed by atoms with Crippen LogP contribution < -0.4 is 0 Å². The summed E-state index contributed by atoms with van der Waals surface area (Å²) in [6.07, 6.45) is 2.55. The number of hydrogen-bond donors (Lipinski definition) is 0. The van der Waals surface area contributed by atoms with E-state index >= 15 is 0 Å². The zero-order valence-corrected chi connectivity index (χ0v) is 17.7. The predicted molar refractivity (Wildman–Crippen MR) is 115 cm³/mol. The van der Waals surface area contributed by atoms with Gasteiger partial charge in [0, 0.05) is 18.2 Å². The van der Waals surface area contributed by atoms with Crippen LogP contribution in [0.15, 0.2) is 54.6 Å². The third kappa shape index (κ3) is 5.42. The van der Waals surface area contributed by atoms with Crippen LogP contribution in [-0.4, -0.2) is 24.0 Å². The molecule has 0 aliphatic rings. The van der Waals surface area contributed by atoms with E-state index in [2.05, 4.69) is 49.1 Å². The lowest BCUT2D eigenvalue weighted by Crippen LogP contribution is -2.36. The maximum absolute atomic E-state index is 14.5. The van der Waals surface area contributed by atoms with Crippen molar-refractivity contribution in [1.29, 1.82) is 5.26 Å². The van der Waals surface area contributed by atoms with Crippen LogP contribution in [0.2, 0.25) is 0 Å². The van der Waals surface area contributed by atoms with E-state index in [4.69, 9.17) is 0 Å². The monoisotopic (exact) mass is 380 g/mol. The summed E-state index contributed by atoms with van der Waals surface area (Å²) in [5, 5.41) is 10.0. The van der Waals surface area contributed by atoms with Crippen molar-refractivity contribution in [2.24, 2.45) is 5.92 Å². The Bertz CT molecular complexity index is 764. The molecule has 2 nitrogen and oxygen atoms in total. The van der Waals surface area contributed by atoms with Gasteiger partial charge in [-0.05, 0) is 57.2 Å². The maximum Gasteiger partial charge on any atom is 0.128 e. The molecule has 2 aromatic rings. The van der Waals surface area contributed by atoms with Gasteiger partial charge in [0.25, 0.3) is 0 Å². The van der Waals surface area contributed by atoms with E-state index in [1.165, 1.54) is 11.6 Å². The normalized spacial score (nSPS) is 13.7. The number of halogens is 1. The van der Waals surface area contributed by atoms with Crippen LogP contribution in [0.1, 0.15) is 51.7 Å². The smallest absolute Gasteiger partial charge is 0.128 e. The highest BCUT2D eigenvalue weighted by Crippen LogP contribution is 2.38. The highest BCUT2D eigenvalue weighted by Gasteiger charge is 2.37. The second kappa shape index (κ2) is 10.4. The molecule has 0 bridgehead atoms. The van der Waals surface area contributed by atoms with E-state index in [0.29, 0.717) is 18.0 Å². The first kappa shape index (κ1) is 22.1. The zero-order chi connectivity index (χ0) is 20.6. The minimum Gasteiger partial charge on any atom is -0.301 e. The Morgan fingerprint density at radius 1 is 0.964 bits per heavy atom. The topological polar surface area (TPSA) is 27.0 Å². The zero-order valence-electron chi connectivity index (χ0n) is 17.7. The Kier molecular flexibility index (Phi) is 8.20. The first-order valence-corrected chi connectivity index (χ1v) is 10.3. The van der Waals surface area contributed by atoms with Crippen LogP contribution in [0.4, 0.5) is 4.39 Å². The van der Waals surface area contributed by atoms with E-state index in [0.717, 1.165) is 25.9 Å². The minimum atomic E-state index is -0.784. The van der Waals surface area contributed by atoms with Crippen molar-refractivity contribution in [2.75, 3.05) is 13.1 Å². The lowest BCUT2D eigenvalue weighted by Gasteiger charge is -2.33. The molecule has 2 rings (SSSR count). The minimum absolute atomic E-state index is 0.0474. The van der Waals surface area contributed by atoms with Gasteiger partial charge < -0.3 is 4.90 Å². The van der Waals surface area contributed by atoms with Crippen molar-refractivity contribution in [1.82, 2.24) is 4.90 Å². The van der Waals surface area contributed by atoms with Gasteiger partial charge in [0.05, 0.1) is 11.5 Å². The highest BCUT2D eigenvalue weighted by molar-refractivity contribution is 5.34. The van der Waals surface area contributed by atoms with Crippen molar-refractivity contribution in [3.63, 3.8) is 0 Å². The van der Waals surface area contributed by atoms with Crippen molar-refractivity contribution in [2.45, 2.75) is 58.4 Å². The fourth-order valence-corrected chi connectivity index (χ4v) is 3.91. The number of hydrogen-bond acceptors (Lipinski definition) is 2. The molecule has 1 unspecified atom stereocenters. The van der Waals surface area contributed by atoms with E-state index < -0.39 is 5.41 Å². The summed E-state index contributed by atoms with van der Waals surface area (Å²) in [4.78, 5) is 2.46. The Balaban J connectivity index is 2.05. The maximum atomic E-state index is 14.5. The lowest BCUT2D eigenvalue weighted by molar-refractivity contribution is 0.209. The van der Waals surface area contributed by atoms with Gasteiger partial charge in [-0.3, -0.25) is 0 Å². The molecule has 0 fully saturated rings. The molecule has 0 aliphatic heterocycles. The van der Waals surface area contributed by atoms with Gasteiger partial charge in [0.15, 0.2) is 0 Å². The number of benzene rings is 2. The second-order valence-electron chi connectivity index (χ2n) is 8.19. The fourth-order valence-electron chi connectivity index (χ4n) is 3.91. The molecule has 0 aliphatic carbocycles. The van der Waals surface area contributed by atoms with E-state index in [1.807, 2.05) is 26.0 Å². The highest BCUT2D eigenvalue weighted by atomic mass is 19.1. The molecule has 0 amide bonds. The SMILES string of the molecule is CC(C)N(CCCC(C#N)(c1ccccc1F)C(C)C)CCc1ccccc1. The van der Waals surface area contributed by atoms with Crippen LogP contribution in [0, 0.1) is 23.1 Å². The Labute approximate surface area is 170 Å². The second-order valence-corrected chi connectivity index (χ2v) is 8.19. The molecule has 28 heavy (non-hydrogen) atoms. The summed E-state index contributed by atoms with van der Waals surface area (Å²) < 4.78 is 14.5. The van der Waals surface area contributed by atoms with Crippen molar-refractivity contribution in [3.8, 4) is 6.07 Å². The van der Waals surface area contributed by atoms with Gasteiger partial charge in [-0.2, -0.15) is 5.26 Å². The fraction of sp³-hybridized carbons (Fsp3) is 0.480. The Hall–Kier alpha value is -2.18. The Morgan fingerprint density at radius 2 is 1.61 bits per heavy atom. The van der Waals surface area contributed by atoms with Crippen molar-refractivity contribution < 1.29 is 4.39 Å². The quantitative estimate of drug-likeness (QED) is 0.507. The summed E-state index contributed by atoms with van der Waals surface area (Å²) in [5.41, 5.74) is 1.09. The summed E-state index contributed by atoms with van der Waals surface area (Å²) in [6.45, 7) is 10.4. The van der Waals surface area contributed by atoms with Gasteiger partial charge in [-0.15, -0.1) is 0 Å². The molecular weight excluding hydrogens is 347 g/mol. The third-order valence-corrected chi connectivity index (χ3v) is 5.82. The van der Waals surface area contributed by atoms with Crippen LogP contribution in [0.3, 0.4) is 0 Å². The molecule has 0 aromatic heterocycles. The average molecular weight is 381 g/mol. The molecule has 0 heterocycles. The van der Waals surface area contributed by atoms with Crippen LogP contribution in [0.5, 0.6) is 0 Å². The van der Waals surface area contributed by atoms with Crippen molar-refractivity contribution in [3.05, 3.63) is 71.5 Å². The van der Waals surface area contributed by atoms with Crippen LogP contribution >= 0.6 is 0 Å². The van der Waals surface area contributed by atoms with E-state index in [1.54, 1.807) is 12.1 Å². The van der Waals surface area contributed by atoms with E-state index in [-0.39, 0.29) is 11.7 Å². The van der Waals surface area contributed by atoms with Gasteiger partial charge in [0.2, 0.25) is 0 Å². The first-order valence-electron chi connectivity index (χ1n) is 10.3. The third-order valence-electron chi connectivity index (χ3n) is 5.82. The molecule has 3 heteroatoms. The molecule has 0 radical (unpaired) electrons. The summed E-state index contributed by atoms with van der Waals surface area (Å²) in [6, 6.07) is 20.2. The predicted octanol–water partition coefficient (Wildman–Crippen LogP) is 5.98. The van der Waals surface area contributed by atoms with Crippen molar-refractivity contribution >= 4 is 0 Å². The molecule has 2 aromatic carbocycles. The standard InChI is InChI=1S/C25H33FN2/c1-20(2)25(19-27,23-13-8-9-14-24(23)26)16-10-17-28(21(3)4)18-15-22-11-6-5-7-12-22/h5-9,11-14,20-21H,10,15-18H2,1-4H3. The van der Waals surface area contributed by atoms with Gasteiger partial charge in [0.1, 0.15) is 5.82 Å².